The van der Waals surface area contributed by atoms with E-state index in [9.17, 15) is 4.79 Å². The van der Waals surface area contributed by atoms with E-state index < -0.39 is 0 Å². The van der Waals surface area contributed by atoms with Crippen LogP contribution in [0, 0.1) is 0 Å². The molecule has 0 aliphatic carbocycles. The molecule has 1 atom stereocenters. The molecule has 16 heavy (non-hydrogen) atoms. The molecule has 0 spiro atoms. The second kappa shape index (κ2) is 9.60. The third-order valence-electron chi connectivity index (χ3n) is 2.31. The standard InChI is InChI=1S/C12H26N2O2/c1-5-7-8-9-13-11(14(3)4)12(15)16-10-6-2/h11,13H,5-10H2,1-4H3/t11-/m1/s1. The van der Waals surface area contributed by atoms with E-state index in [0.717, 1.165) is 19.4 Å². The maximum Gasteiger partial charge on any atom is 0.338 e. The van der Waals surface area contributed by atoms with Crippen LogP contribution in [0.5, 0.6) is 0 Å². The molecule has 0 unspecified atom stereocenters. The van der Waals surface area contributed by atoms with Gasteiger partial charge in [-0.1, -0.05) is 26.7 Å². The summed E-state index contributed by atoms with van der Waals surface area (Å²) in [6.07, 6.45) is 4.03. The van der Waals surface area contributed by atoms with Crippen LogP contribution < -0.4 is 5.32 Å². The van der Waals surface area contributed by atoms with Crippen molar-refractivity contribution in [1.29, 1.82) is 0 Å². The van der Waals surface area contributed by atoms with Gasteiger partial charge in [-0.2, -0.15) is 0 Å². The Labute approximate surface area is 99.3 Å². The number of carbonyl (C=O) groups excluding carboxylic acids is 1. The minimum absolute atomic E-state index is 0.177. The Bertz CT molecular complexity index is 184. The van der Waals surface area contributed by atoms with Crippen LogP contribution >= 0.6 is 0 Å². The van der Waals surface area contributed by atoms with Crippen LogP contribution in [0.15, 0.2) is 0 Å². The van der Waals surface area contributed by atoms with Gasteiger partial charge in [0.05, 0.1) is 6.61 Å². The van der Waals surface area contributed by atoms with Crippen LogP contribution in [0.3, 0.4) is 0 Å². The summed E-state index contributed by atoms with van der Waals surface area (Å²) in [7, 11) is 3.76. The first kappa shape index (κ1) is 15.4. The van der Waals surface area contributed by atoms with Crippen molar-refractivity contribution in [3.8, 4) is 0 Å². The fraction of sp³-hybridized carbons (Fsp3) is 0.917. The van der Waals surface area contributed by atoms with Crippen molar-refractivity contribution < 1.29 is 9.53 Å². The maximum absolute atomic E-state index is 11.7. The van der Waals surface area contributed by atoms with Gasteiger partial charge < -0.3 is 4.74 Å². The van der Waals surface area contributed by atoms with Gasteiger partial charge >= 0.3 is 5.97 Å². The van der Waals surface area contributed by atoms with Crippen LogP contribution in [0.2, 0.25) is 0 Å². The van der Waals surface area contributed by atoms with Crippen LogP contribution in [-0.2, 0) is 9.53 Å². The molecule has 0 aromatic carbocycles. The highest BCUT2D eigenvalue weighted by Gasteiger charge is 2.20. The fourth-order valence-corrected chi connectivity index (χ4v) is 1.37. The number of nitrogens with zero attached hydrogens (tertiary/aromatic N) is 1. The lowest BCUT2D eigenvalue weighted by atomic mass is 10.2. The third-order valence-corrected chi connectivity index (χ3v) is 2.31. The second-order valence-corrected chi connectivity index (χ2v) is 4.19. The second-order valence-electron chi connectivity index (χ2n) is 4.19. The Kier molecular flexibility index (Phi) is 9.24. The lowest BCUT2D eigenvalue weighted by Gasteiger charge is -2.23. The molecular formula is C12H26N2O2. The molecule has 1 N–H and O–H groups in total. The summed E-state index contributed by atoms with van der Waals surface area (Å²) >= 11 is 0. The summed E-state index contributed by atoms with van der Waals surface area (Å²) in [5, 5.41) is 3.21. The minimum Gasteiger partial charge on any atom is -0.464 e. The van der Waals surface area contributed by atoms with E-state index in [0.29, 0.717) is 6.61 Å². The Morgan fingerprint density at radius 3 is 2.44 bits per heavy atom. The highest BCUT2D eigenvalue weighted by atomic mass is 16.5. The van der Waals surface area contributed by atoms with Gasteiger partial charge in [-0.15, -0.1) is 0 Å². The first-order valence-electron chi connectivity index (χ1n) is 6.19. The quantitative estimate of drug-likeness (QED) is 0.371. The average molecular weight is 230 g/mol. The lowest BCUT2D eigenvalue weighted by Crippen LogP contribution is -2.48. The highest BCUT2D eigenvalue weighted by Crippen LogP contribution is 1.97. The molecule has 0 bridgehead atoms. The number of carbonyl (C=O) groups is 1. The summed E-state index contributed by atoms with van der Waals surface area (Å²) in [4.78, 5) is 13.5. The molecule has 0 amide bonds. The molecule has 4 heteroatoms. The molecule has 0 aromatic heterocycles. The van der Waals surface area contributed by atoms with Gasteiger partial charge in [-0.25, -0.2) is 4.79 Å². The van der Waals surface area contributed by atoms with Crippen molar-refractivity contribution in [2.75, 3.05) is 27.2 Å². The number of ether oxygens (including phenoxy) is 1. The monoisotopic (exact) mass is 230 g/mol. The molecule has 0 saturated carbocycles. The zero-order chi connectivity index (χ0) is 12.4. The van der Waals surface area contributed by atoms with Crippen molar-refractivity contribution in [2.45, 2.75) is 45.7 Å². The first-order chi connectivity index (χ1) is 7.63. The van der Waals surface area contributed by atoms with Gasteiger partial charge in [-0.05, 0) is 33.5 Å². The molecule has 0 rings (SSSR count). The van der Waals surface area contributed by atoms with Crippen LogP contribution in [0.25, 0.3) is 0 Å². The predicted molar refractivity (Wildman–Crippen MR) is 66.3 cm³/mol. The number of hydrogen-bond acceptors (Lipinski definition) is 4. The van der Waals surface area contributed by atoms with Crippen LogP contribution in [0.4, 0.5) is 0 Å². The van der Waals surface area contributed by atoms with Crippen molar-refractivity contribution in [3.05, 3.63) is 0 Å². The molecule has 96 valence electrons. The van der Waals surface area contributed by atoms with Gasteiger partial charge in [0.1, 0.15) is 0 Å². The SMILES string of the molecule is CCCCCN[C@@H](C(=O)OCCC)N(C)C. The van der Waals surface area contributed by atoms with Gasteiger partial charge in [0.25, 0.3) is 0 Å². The first-order valence-corrected chi connectivity index (χ1v) is 6.19. The van der Waals surface area contributed by atoms with E-state index >= 15 is 0 Å². The topological polar surface area (TPSA) is 41.6 Å². The van der Waals surface area contributed by atoms with E-state index in [1.165, 1.54) is 12.8 Å². The molecule has 0 fully saturated rings. The highest BCUT2D eigenvalue weighted by molar-refractivity contribution is 5.75. The molecule has 0 aromatic rings. The molecule has 0 aliphatic rings. The van der Waals surface area contributed by atoms with Crippen molar-refractivity contribution in [2.24, 2.45) is 0 Å². The van der Waals surface area contributed by atoms with E-state index in [1.807, 2.05) is 25.9 Å². The summed E-state index contributed by atoms with van der Waals surface area (Å²) in [5.74, 6) is -0.177. The van der Waals surface area contributed by atoms with Gasteiger partial charge in [0.15, 0.2) is 6.17 Å². The number of nitrogens with one attached hydrogen (secondary N) is 1. The van der Waals surface area contributed by atoms with E-state index in [1.54, 1.807) is 0 Å². The summed E-state index contributed by atoms with van der Waals surface area (Å²) in [6.45, 7) is 5.52. The van der Waals surface area contributed by atoms with Crippen LogP contribution in [0.1, 0.15) is 39.5 Å². The molecule has 4 nitrogen and oxygen atoms in total. The molecular weight excluding hydrogens is 204 g/mol. The lowest BCUT2D eigenvalue weighted by molar-refractivity contribution is -0.150. The molecule has 0 aliphatic heterocycles. The number of esters is 1. The van der Waals surface area contributed by atoms with Gasteiger partial charge in [0.2, 0.25) is 0 Å². The Hall–Kier alpha value is -0.610. The van der Waals surface area contributed by atoms with E-state index in [4.69, 9.17) is 4.74 Å². The number of unbranched alkanes of at least 4 members (excludes halogenated alkanes) is 2. The summed E-state index contributed by atoms with van der Waals surface area (Å²) in [5.41, 5.74) is 0. The zero-order valence-electron chi connectivity index (χ0n) is 11.1. The number of likely N-dealkylation sites (N-methyl/N-ethyl adjacent to an activating group) is 1. The van der Waals surface area contributed by atoms with E-state index in [-0.39, 0.29) is 12.1 Å². The van der Waals surface area contributed by atoms with Crippen molar-refractivity contribution in [1.82, 2.24) is 10.2 Å². The normalized spacial score (nSPS) is 12.8. The summed E-state index contributed by atoms with van der Waals surface area (Å²) in [6, 6.07) is 0. The van der Waals surface area contributed by atoms with Crippen molar-refractivity contribution in [3.63, 3.8) is 0 Å². The summed E-state index contributed by atoms with van der Waals surface area (Å²) < 4.78 is 5.13. The van der Waals surface area contributed by atoms with Crippen molar-refractivity contribution >= 4 is 5.97 Å². The zero-order valence-corrected chi connectivity index (χ0v) is 11.1. The van der Waals surface area contributed by atoms with E-state index in [2.05, 4.69) is 12.2 Å². The fourth-order valence-electron chi connectivity index (χ4n) is 1.37. The largest absolute Gasteiger partial charge is 0.464 e. The number of rotatable bonds is 9. The Balaban J connectivity index is 3.91. The maximum atomic E-state index is 11.7. The van der Waals surface area contributed by atoms with Gasteiger partial charge in [0, 0.05) is 0 Å². The Morgan fingerprint density at radius 2 is 1.94 bits per heavy atom. The molecule has 0 saturated heterocycles. The van der Waals surface area contributed by atoms with Crippen LogP contribution in [-0.4, -0.2) is 44.3 Å². The Morgan fingerprint density at radius 1 is 1.25 bits per heavy atom. The predicted octanol–water partition coefficient (Wildman–Crippen LogP) is 1.61. The smallest absolute Gasteiger partial charge is 0.338 e. The molecule has 0 heterocycles. The molecule has 0 radical (unpaired) electrons. The average Bonchev–Trinajstić information content (AvgIpc) is 2.25. The van der Waals surface area contributed by atoms with Gasteiger partial charge in [-0.3, -0.25) is 10.2 Å². The minimum atomic E-state index is -0.316. The third kappa shape index (κ3) is 6.80. The number of hydrogen-bond donors (Lipinski definition) is 1.